The van der Waals surface area contributed by atoms with Gasteiger partial charge in [-0.25, -0.2) is 0 Å². The summed E-state index contributed by atoms with van der Waals surface area (Å²) in [4.78, 5) is 5.02. The molecule has 0 amide bonds. The van der Waals surface area contributed by atoms with E-state index < -0.39 is 0 Å². The molecule has 0 aromatic heterocycles. The minimum atomic E-state index is 0.282. The molecule has 1 N–H and O–H groups in total. The Morgan fingerprint density at radius 1 is 1.21 bits per heavy atom. The Kier molecular flexibility index (Phi) is 3.37. The van der Waals surface area contributed by atoms with E-state index in [0.717, 1.165) is 31.9 Å². The van der Waals surface area contributed by atoms with Crippen LogP contribution in [-0.2, 0) is 0 Å². The topological polar surface area (TPSA) is 35.9 Å². The highest BCUT2D eigenvalue weighted by molar-refractivity contribution is 5.44. The molecule has 0 spiro atoms. The summed E-state index contributed by atoms with van der Waals surface area (Å²) in [6, 6.07) is 6.46. The third-order valence-electron chi connectivity index (χ3n) is 4.27. The average molecular weight is 262 g/mol. The zero-order valence-corrected chi connectivity index (χ0v) is 11.7. The molecule has 4 nitrogen and oxygen atoms in total. The van der Waals surface area contributed by atoms with E-state index in [-0.39, 0.29) is 5.75 Å². The van der Waals surface area contributed by atoms with E-state index in [1.165, 1.54) is 5.56 Å². The van der Waals surface area contributed by atoms with Gasteiger partial charge >= 0.3 is 0 Å². The summed E-state index contributed by atoms with van der Waals surface area (Å²) < 4.78 is 5.70. The smallest absolute Gasteiger partial charge is 0.127 e. The van der Waals surface area contributed by atoms with Gasteiger partial charge in [0.1, 0.15) is 18.1 Å². The van der Waals surface area contributed by atoms with Gasteiger partial charge in [0.15, 0.2) is 0 Å². The summed E-state index contributed by atoms with van der Waals surface area (Å²) in [5.41, 5.74) is 1.22. The van der Waals surface area contributed by atoms with Crippen molar-refractivity contribution in [1.82, 2.24) is 9.80 Å². The van der Waals surface area contributed by atoms with Gasteiger partial charge in [0.2, 0.25) is 0 Å². The van der Waals surface area contributed by atoms with Gasteiger partial charge in [-0.1, -0.05) is 0 Å². The van der Waals surface area contributed by atoms with E-state index in [1.807, 2.05) is 6.07 Å². The van der Waals surface area contributed by atoms with Crippen molar-refractivity contribution in [3.05, 3.63) is 23.8 Å². The average Bonchev–Trinajstić information content (AvgIpc) is 2.81. The van der Waals surface area contributed by atoms with Crippen LogP contribution in [0.5, 0.6) is 11.5 Å². The second kappa shape index (κ2) is 5.02. The largest absolute Gasteiger partial charge is 0.508 e. The minimum Gasteiger partial charge on any atom is -0.508 e. The third kappa shape index (κ3) is 2.42. The molecule has 2 heterocycles. The van der Waals surface area contributed by atoms with Crippen molar-refractivity contribution < 1.29 is 9.84 Å². The molecule has 1 aromatic carbocycles. The molecule has 0 aliphatic carbocycles. The third-order valence-corrected chi connectivity index (χ3v) is 4.27. The van der Waals surface area contributed by atoms with Crippen LogP contribution in [0.2, 0.25) is 0 Å². The molecule has 4 heteroatoms. The summed E-state index contributed by atoms with van der Waals surface area (Å²) in [6.07, 6.45) is 0. The Bertz CT molecular complexity index is 453. The van der Waals surface area contributed by atoms with Crippen LogP contribution in [-0.4, -0.2) is 53.7 Å². The Morgan fingerprint density at radius 3 is 2.63 bits per heavy atom. The van der Waals surface area contributed by atoms with E-state index in [9.17, 15) is 5.11 Å². The molecule has 0 bridgehead atoms. The van der Waals surface area contributed by atoms with Crippen molar-refractivity contribution in [3.63, 3.8) is 0 Å². The zero-order valence-electron chi connectivity index (χ0n) is 11.7. The highest BCUT2D eigenvalue weighted by Gasteiger charge is 2.32. The summed E-state index contributed by atoms with van der Waals surface area (Å²) in [5.74, 6) is 1.13. The van der Waals surface area contributed by atoms with Gasteiger partial charge < -0.3 is 9.84 Å². The maximum Gasteiger partial charge on any atom is 0.127 e. The van der Waals surface area contributed by atoms with Gasteiger partial charge in [-0.2, -0.15) is 0 Å². The molecular formula is C15H22N2O2. The Balaban J connectivity index is 1.70. The lowest BCUT2D eigenvalue weighted by molar-refractivity contribution is 0.0694. The fraction of sp³-hybridized carbons (Fsp3) is 0.600. The molecule has 1 fully saturated rings. The maximum atomic E-state index is 9.49. The normalized spacial score (nSPS) is 24.5. The molecule has 19 heavy (non-hydrogen) atoms. The van der Waals surface area contributed by atoms with Gasteiger partial charge in [0, 0.05) is 43.9 Å². The first kappa shape index (κ1) is 12.8. The lowest BCUT2D eigenvalue weighted by Crippen LogP contribution is -2.50. The lowest BCUT2D eigenvalue weighted by atomic mass is 10.1. The van der Waals surface area contributed by atoms with Gasteiger partial charge in [-0.3, -0.25) is 9.80 Å². The summed E-state index contributed by atoms with van der Waals surface area (Å²) >= 11 is 0. The number of phenols is 1. The number of benzene rings is 1. The van der Waals surface area contributed by atoms with Crippen LogP contribution in [0.15, 0.2) is 18.2 Å². The second-order valence-corrected chi connectivity index (χ2v) is 5.71. The highest BCUT2D eigenvalue weighted by Crippen LogP contribution is 2.38. The predicted octanol–water partition coefficient (Wildman–Crippen LogP) is 1.85. The number of hydrogen-bond donors (Lipinski definition) is 1. The van der Waals surface area contributed by atoms with Crippen molar-refractivity contribution in [2.75, 3.05) is 32.8 Å². The number of hydrogen-bond acceptors (Lipinski definition) is 4. The van der Waals surface area contributed by atoms with E-state index in [1.54, 1.807) is 12.1 Å². The molecule has 104 valence electrons. The van der Waals surface area contributed by atoms with E-state index in [0.29, 0.717) is 18.7 Å². The monoisotopic (exact) mass is 262 g/mol. The number of piperazine rings is 1. The number of rotatable bonds is 2. The number of ether oxygens (including phenoxy) is 1. The van der Waals surface area contributed by atoms with Crippen LogP contribution in [0.3, 0.4) is 0 Å². The number of nitrogens with zero attached hydrogens (tertiary/aromatic N) is 2. The van der Waals surface area contributed by atoms with Crippen molar-refractivity contribution in [2.45, 2.75) is 25.9 Å². The van der Waals surface area contributed by atoms with Crippen LogP contribution in [0.1, 0.15) is 25.5 Å². The van der Waals surface area contributed by atoms with E-state index >= 15 is 0 Å². The van der Waals surface area contributed by atoms with E-state index in [4.69, 9.17) is 4.74 Å². The second-order valence-electron chi connectivity index (χ2n) is 5.71. The molecular weight excluding hydrogens is 240 g/mol. The molecule has 1 saturated heterocycles. The van der Waals surface area contributed by atoms with Crippen LogP contribution in [0, 0.1) is 0 Å². The first-order valence-corrected chi connectivity index (χ1v) is 7.09. The molecule has 1 unspecified atom stereocenters. The fourth-order valence-electron chi connectivity index (χ4n) is 3.05. The molecule has 0 radical (unpaired) electrons. The minimum absolute atomic E-state index is 0.282. The standard InChI is InChI=1S/C15H22N2O2/c1-11(2)16-5-7-17(8-6-16)14-10-19-15-9-12(18)3-4-13(14)15/h3-4,9,11,14,18H,5-8,10H2,1-2H3. The van der Waals surface area contributed by atoms with Gasteiger partial charge in [0.05, 0.1) is 6.04 Å². The Hall–Kier alpha value is -1.26. The van der Waals surface area contributed by atoms with Crippen LogP contribution in [0.25, 0.3) is 0 Å². The summed E-state index contributed by atoms with van der Waals surface area (Å²) in [6.45, 7) is 9.65. The molecule has 2 aliphatic heterocycles. The van der Waals surface area contributed by atoms with Crippen molar-refractivity contribution in [3.8, 4) is 11.5 Å². The van der Waals surface area contributed by atoms with Crippen molar-refractivity contribution in [1.29, 1.82) is 0 Å². The fourth-order valence-corrected chi connectivity index (χ4v) is 3.05. The maximum absolute atomic E-state index is 9.49. The molecule has 0 saturated carbocycles. The number of aromatic hydroxyl groups is 1. The Labute approximate surface area is 114 Å². The first-order valence-electron chi connectivity index (χ1n) is 7.09. The van der Waals surface area contributed by atoms with Gasteiger partial charge in [0.25, 0.3) is 0 Å². The number of phenolic OH excluding ortho intramolecular Hbond substituents is 1. The Morgan fingerprint density at radius 2 is 1.95 bits per heavy atom. The van der Waals surface area contributed by atoms with Crippen LogP contribution in [0.4, 0.5) is 0 Å². The predicted molar refractivity (Wildman–Crippen MR) is 74.6 cm³/mol. The SMILES string of the molecule is CC(C)N1CCN(C2COc3cc(O)ccc32)CC1. The molecule has 1 atom stereocenters. The van der Waals surface area contributed by atoms with Gasteiger partial charge in [-0.05, 0) is 26.0 Å². The quantitative estimate of drug-likeness (QED) is 0.882. The highest BCUT2D eigenvalue weighted by atomic mass is 16.5. The summed E-state index contributed by atoms with van der Waals surface area (Å²) in [7, 11) is 0. The lowest BCUT2D eigenvalue weighted by Gasteiger charge is -2.39. The van der Waals surface area contributed by atoms with E-state index in [2.05, 4.69) is 23.6 Å². The molecule has 2 aliphatic rings. The molecule has 3 rings (SSSR count). The van der Waals surface area contributed by atoms with Crippen molar-refractivity contribution >= 4 is 0 Å². The zero-order chi connectivity index (χ0) is 13.4. The first-order chi connectivity index (χ1) is 9.15. The van der Waals surface area contributed by atoms with Gasteiger partial charge in [-0.15, -0.1) is 0 Å². The number of fused-ring (bicyclic) bond motifs is 1. The van der Waals surface area contributed by atoms with Crippen LogP contribution < -0.4 is 4.74 Å². The van der Waals surface area contributed by atoms with Crippen LogP contribution >= 0.6 is 0 Å². The van der Waals surface area contributed by atoms with Crippen molar-refractivity contribution in [2.24, 2.45) is 0 Å². The summed E-state index contributed by atoms with van der Waals surface area (Å²) in [5, 5.41) is 9.49. The molecule has 1 aromatic rings.